The maximum Gasteiger partial charge on any atom is 0.404 e. The molecule has 1 heterocycles. The third kappa shape index (κ3) is 2.83. The summed E-state index contributed by atoms with van der Waals surface area (Å²) in [6.07, 6.45) is -1.06. The summed E-state index contributed by atoms with van der Waals surface area (Å²) in [6, 6.07) is 0. The van der Waals surface area contributed by atoms with Crippen molar-refractivity contribution in [3.05, 3.63) is 0 Å². The van der Waals surface area contributed by atoms with E-state index in [9.17, 15) is 4.79 Å². The van der Waals surface area contributed by atoms with Gasteiger partial charge in [-0.3, -0.25) is 9.80 Å². The van der Waals surface area contributed by atoms with E-state index in [0.29, 0.717) is 13.1 Å². The Morgan fingerprint density at radius 2 is 2.38 bits per heavy atom. The number of nitrogens with two attached hydrogens (primary N) is 1. The molecule has 13 heavy (non-hydrogen) atoms. The van der Waals surface area contributed by atoms with E-state index in [0.717, 1.165) is 13.1 Å². The molecule has 0 radical (unpaired) electrons. The van der Waals surface area contributed by atoms with Crippen LogP contribution in [-0.2, 0) is 0 Å². The first-order valence-corrected chi connectivity index (χ1v) is 4.28. The molecule has 1 aliphatic heterocycles. The van der Waals surface area contributed by atoms with Gasteiger partial charge < -0.3 is 16.2 Å². The Balaban J connectivity index is 2.18. The average molecular weight is 188 g/mol. The molecule has 0 aromatic carbocycles. The molecule has 1 saturated heterocycles. The maximum absolute atomic E-state index is 10.1. The highest BCUT2D eigenvalue weighted by atomic mass is 16.4. The average Bonchev–Trinajstić information content (AvgIpc) is 2.35. The Morgan fingerprint density at radius 3 is 2.85 bits per heavy atom. The minimum Gasteiger partial charge on any atom is -0.465 e. The van der Waals surface area contributed by atoms with Crippen LogP contribution in [0.5, 0.6) is 0 Å². The topological polar surface area (TPSA) is 81.8 Å². The third-order valence-electron chi connectivity index (χ3n) is 2.24. The van der Waals surface area contributed by atoms with Gasteiger partial charge in [-0.25, -0.2) is 4.79 Å². The number of carboxylic acid groups (broad SMARTS) is 1. The number of carbonyl (C=O) groups is 1. The molecule has 0 spiro atoms. The zero-order valence-electron chi connectivity index (χ0n) is 7.73. The second kappa shape index (κ2) is 4.40. The van der Waals surface area contributed by atoms with Gasteiger partial charge in [0.05, 0.1) is 0 Å². The highest BCUT2D eigenvalue weighted by Crippen LogP contribution is 2.05. The molecule has 1 amide bonds. The molecule has 1 aliphatic rings. The number of hydrogen-bond acceptors (Lipinski definition) is 4. The first-order valence-electron chi connectivity index (χ1n) is 4.28. The zero-order valence-corrected chi connectivity index (χ0v) is 7.73. The van der Waals surface area contributed by atoms with Crippen LogP contribution in [0.15, 0.2) is 0 Å². The summed E-state index contributed by atoms with van der Waals surface area (Å²) >= 11 is 0. The van der Waals surface area contributed by atoms with E-state index in [1.165, 1.54) is 0 Å². The third-order valence-corrected chi connectivity index (χ3v) is 2.24. The predicted octanol–water partition coefficient (Wildman–Crippen LogP) is -1.26. The van der Waals surface area contributed by atoms with E-state index in [4.69, 9.17) is 10.8 Å². The summed E-state index contributed by atoms with van der Waals surface area (Å²) in [5.74, 6) is 0. The normalized spacial score (nSPS) is 24.9. The lowest BCUT2D eigenvalue weighted by Gasteiger charge is -2.23. The fourth-order valence-electron chi connectivity index (χ4n) is 1.38. The Bertz CT molecular complexity index is 187. The molecule has 0 saturated carbocycles. The van der Waals surface area contributed by atoms with Crippen LogP contribution < -0.4 is 11.1 Å². The standard InChI is InChI=1S/C7H16N4O2/c1-10-4-5-11(6(10)8)3-2-9-7(12)13/h6,9H,2-5,8H2,1H3,(H,12,13). The lowest BCUT2D eigenvalue weighted by Crippen LogP contribution is -2.46. The smallest absolute Gasteiger partial charge is 0.404 e. The van der Waals surface area contributed by atoms with Crippen molar-refractivity contribution in [2.45, 2.75) is 6.29 Å². The summed E-state index contributed by atoms with van der Waals surface area (Å²) in [5, 5.41) is 10.6. The maximum atomic E-state index is 10.1. The quantitative estimate of drug-likeness (QED) is 0.515. The van der Waals surface area contributed by atoms with E-state index in [-0.39, 0.29) is 6.29 Å². The van der Waals surface area contributed by atoms with E-state index in [1.54, 1.807) is 0 Å². The molecule has 6 nitrogen and oxygen atoms in total. The van der Waals surface area contributed by atoms with Crippen LogP contribution in [0.4, 0.5) is 4.79 Å². The monoisotopic (exact) mass is 188 g/mol. The fourth-order valence-corrected chi connectivity index (χ4v) is 1.38. The van der Waals surface area contributed by atoms with Gasteiger partial charge in [-0.15, -0.1) is 0 Å². The van der Waals surface area contributed by atoms with Gasteiger partial charge in [0, 0.05) is 26.2 Å². The summed E-state index contributed by atoms with van der Waals surface area (Å²) in [4.78, 5) is 14.2. The van der Waals surface area contributed by atoms with Crippen LogP contribution in [0.25, 0.3) is 0 Å². The van der Waals surface area contributed by atoms with Gasteiger partial charge in [0.1, 0.15) is 6.29 Å². The SMILES string of the molecule is CN1CCN(CCNC(=O)O)C1N. The van der Waals surface area contributed by atoms with E-state index < -0.39 is 6.09 Å². The van der Waals surface area contributed by atoms with Gasteiger partial charge in [0.25, 0.3) is 0 Å². The van der Waals surface area contributed by atoms with Crippen molar-refractivity contribution in [2.24, 2.45) is 5.73 Å². The first-order chi connectivity index (χ1) is 6.11. The molecule has 76 valence electrons. The van der Waals surface area contributed by atoms with Crippen LogP contribution in [0.2, 0.25) is 0 Å². The molecule has 1 fully saturated rings. The van der Waals surface area contributed by atoms with Crippen molar-refractivity contribution in [3.63, 3.8) is 0 Å². The van der Waals surface area contributed by atoms with Crippen LogP contribution in [-0.4, -0.2) is 60.5 Å². The molecule has 1 rings (SSSR count). The highest BCUT2D eigenvalue weighted by Gasteiger charge is 2.24. The van der Waals surface area contributed by atoms with Gasteiger partial charge in [-0.1, -0.05) is 0 Å². The number of nitrogens with zero attached hydrogens (tertiary/aromatic N) is 2. The van der Waals surface area contributed by atoms with E-state index >= 15 is 0 Å². The number of nitrogens with one attached hydrogen (secondary N) is 1. The summed E-state index contributed by atoms with van der Waals surface area (Å²) in [5.41, 5.74) is 5.82. The lowest BCUT2D eigenvalue weighted by atomic mass is 10.5. The lowest BCUT2D eigenvalue weighted by molar-refractivity contribution is 0.161. The van der Waals surface area contributed by atoms with Gasteiger partial charge in [0.15, 0.2) is 0 Å². The number of likely N-dealkylation sites (N-methyl/N-ethyl adjacent to an activating group) is 1. The fraction of sp³-hybridized carbons (Fsp3) is 0.857. The molecule has 0 aliphatic carbocycles. The van der Waals surface area contributed by atoms with E-state index in [2.05, 4.69) is 5.32 Å². The Labute approximate surface area is 77.3 Å². The van der Waals surface area contributed by atoms with Gasteiger partial charge in [0.2, 0.25) is 0 Å². The van der Waals surface area contributed by atoms with Gasteiger partial charge in [-0.05, 0) is 7.05 Å². The molecule has 0 aromatic heterocycles. The van der Waals surface area contributed by atoms with Crippen molar-refractivity contribution in [3.8, 4) is 0 Å². The number of amides is 1. The van der Waals surface area contributed by atoms with E-state index in [1.807, 2.05) is 16.8 Å². The van der Waals surface area contributed by atoms with Crippen molar-refractivity contribution in [2.75, 3.05) is 33.2 Å². The Morgan fingerprint density at radius 1 is 1.69 bits per heavy atom. The number of hydrogen-bond donors (Lipinski definition) is 3. The molecular weight excluding hydrogens is 172 g/mol. The van der Waals surface area contributed by atoms with Crippen molar-refractivity contribution in [1.82, 2.24) is 15.1 Å². The second-order valence-corrected chi connectivity index (χ2v) is 3.16. The molecule has 1 unspecified atom stereocenters. The second-order valence-electron chi connectivity index (χ2n) is 3.16. The molecular formula is C7H16N4O2. The van der Waals surface area contributed by atoms with Gasteiger partial charge in [-0.2, -0.15) is 0 Å². The largest absolute Gasteiger partial charge is 0.465 e. The Hall–Kier alpha value is -0.850. The minimum atomic E-state index is -0.985. The van der Waals surface area contributed by atoms with Crippen LogP contribution in [0.3, 0.4) is 0 Å². The minimum absolute atomic E-state index is 0.0735. The summed E-state index contributed by atoms with van der Waals surface area (Å²) in [6.45, 7) is 2.93. The van der Waals surface area contributed by atoms with Gasteiger partial charge >= 0.3 is 6.09 Å². The van der Waals surface area contributed by atoms with Crippen molar-refractivity contribution < 1.29 is 9.90 Å². The molecule has 0 bridgehead atoms. The predicted molar refractivity (Wildman–Crippen MR) is 48.2 cm³/mol. The van der Waals surface area contributed by atoms with Crippen LogP contribution >= 0.6 is 0 Å². The molecule has 6 heteroatoms. The summed E-state index contributed by atoms with van der Waals surface area (Å²) in [7, 11) is 1.95. The van der Waals surface area contributed by atoms with Crippen LogP contribution in [0.1, 0.15) is 0 Å². The van der Waals surface area contributed by atoms with Crippen molar-refractivity contribution >= 4 is 6.09 Å². The highest BCUT2D eigenvalue weighted by molar-refractivity contribution is 5.64. The number of rotatable bonds is 3. The molecule has 1 atom stereocenters. The molecule has 0 aromatic rings. The van der Waals surface area contributed by atoms with Crippen molar-refractivity contribution in [1.29, 1.82) is 0 Å². The molecule has 4 N–H and O–H groups in total. The Kier molecular flexibility index (Phi) is 3.47. The summed E-state index contributed by atoms with van der Waals surface area (Å²) < 4.78 is 0. The zero-order chi connectivity index (χ0) is 9.84. The van der Waals surface area contributed by atoms with Crippen LogP contribution in [0, 0.1) is 0 Å². The first kappa shape index (κ1) is 10.2.